The van der Waals surface area contributed by atoms with Crippen LogP contribution in [-0.2, 0) is 4.79 Å². The van der Waals surface area contributed by atoms with Gasteiger partial charge in [-0.05, 0) is 36.8 Å². The average molecular weight is 136 g/mol. The normalized spacial score (nSPS) is 18.8. The molecule has 0 unspecified atom stereocenters. The van der Waals surface area contributed by atoms with Gasteiger partial charge >= 0.3 is 0 Å². The van der Waals surface area contributed by atoms with Crippen LogP contribution in [-0.4, -0.2) is 6.29 Å². The third-order valence-electron chi connectivity index (χ3n) is 1.94. The molecule has 0 aromatic heterocycles. The summed E-state index contributed by atoms with van der Waals surface area (Å²) < 4.78 is 0. The number of allylic oxidation sites excluding steroid dienone is 3. The zero-order chi connectivity index (χ0) is 7.40. The number of rotatable bonds is 2. The van der Waals surface area contributed by atoms with Crippen molar-refractivity contribution in [2.75, 3.05) is 0 Å². The van der Waals surface area contributed by atoms with E-state index in [9.17, 15) is 4.79 Å². The lowest BCUT2D eigenvalue weighted by Gasteiger charge is -2.12. The molecular formula is C9H12O. The monoisotopic (exact) mass is 136 g/mol. The first-order valence-corrected chi connectivity index (χ1v) is 3.68. The average Bonchev–Trinajstić information content (AvgIpc) is 2.04. The van der Waals surface area contributed by atoms with Gasteiger partial charge in [0.15, 0.2) is 0 Å². The summed E-state index contributed by atoms with van der Waals surface area (Å²) in [5.74, 6) is 0. The standard InChI is InChI=1S/C9H12O/c1-2-8-5-3-4-6-9(8)7-10/h2,7H,1,3-6H2. The van der Waals surface area contributed by atoms with E-state index in [-0.39, 0.29) is 0 Å². The van der Waals surface area contributed by atoms with Gasteiger partial charge in [-0.2, -0.15) is 0 Å². The Hall–Kier alpha value is -0.850. The molecule has 1 aliphatic rings. The molecule has 0 amide bonds. The van der Waals surface area contributed by atoms with Crippen molar-refractivity contribution in [3.8, 4) is 0 Å². The van der Waals surface area contributed by atoms with Crippen LogP contribution in [0.2, 0.25) is 0 Å². The van der Waals surface area contributed by atoms with E-state index in [1.807, 2.05) is 6.08 Å². The van der Waals surface area contributed by atoms with Crippen LogP contribution in [0.15, 0.2) is 23.8 Å². The summed E-state index contributed by atoms with van der Waals surface area (Å²) >= 11 is 0. The molecule has 0 atom stereocenters. The van der Waals surface area contributed by atoms with E-state index in [0.717, 1.165) is 36.7 Å². The van der Waals surface area contributed by atoms with Crippen molar-refractivity contribution in [1.29, 1.82) is 0 Å². The van der Waals surface area contributed by atoms with E-state index in [1.165, 1.54) is 6.42 Å². The maximum Gasteiger partial charge on any atom is 0.146 e. The highest BCUT2D eigenvalue weighted by Crippen LogP contribution is 2.23. The fourth-order valence-electron chi connectivity index (χ4n) is 1.32. The van der Waals surface area contributed by atoms with Crippen LogP contribution in [0.5, 0.6) is 0 Å². The Balaban J connectivity index is 2.81. The molecule has 1 heteroatoms. The van der Waals surface area contributed by atoms with Crippen LogP contribution in [0.3, 0.4) is 0 Å². The lowest BCUT2D eigenvalue weighted by Crippen LogP contribution is -1.98. The van der Waals surface area contributed by atoms with Gasteiger partial charge in [-0.3, -0.25) is 4.79 Å². The van der Waals surface area contributed by atoms with Gasteiger partial charge in [0.25, 0.3) is 0 Å². The third kappa shape index (κ3) is 1.35. The van der Waals surface area contributed by atoms with Crippen LogP contribution in [0.25, 0.3) is 0 Å². The van der Waals surface area contributed by atoms with E-state index in [1.54, 1.807) is 0 Å². The van der Waals surface area contributed by atoms with E-state index >= 15 is 0 Å². The smallest absolute Gasteiger partial charge is 0.146 e. The second-order valence-electron chi connectivity index (χ2n) is 2.58. The summed E-state index contributed by atoms with van der Waals surface area (Å²) in [7, 11) is 0. The molecule has 0 heterocycles. The van der Waals surface area contributed by atoms with Crippen molar-refractivity contribution >= 4 is 6.29 Å². The van der Waals surface area contributed by atoms with Crippen LogP contribution in [0.4, 0.5) is 0 Å². The molecule has 0 aliphatic heterocycles. The topological polar surface area (TPSA) is 17.1 Å². The summed E-state index contributed by atoms with van der Waals surface area (Å²) in [5, 5.41) is 0. The Kier molecular flexibility index (Phi) is 2.43. The van der Waals surface area contributed by atoms with Crippen molar-refractivity contribution in [3.63, 3.8) is 0 Å². The van der Waals surface area contributed by atoms with Crippen LogP contribution >= 0.6 is 0 Å². The van der Waals surface area contributed by atoms with Gasteiger partial charge in [-0.15, -0.1) is 0 Å². The second kappa shape index (κ2) is 3.35. The van der Waals surface area contributed by atoms with Crippen LogP contribution in [0.1, 0.15) is 25.7 Å². The number of hydrogen-bond donors (Lipinski definition) is 0. The molecule has 0 saturated carbocycles. The van der Waals surface area contributed by atoms with Gasteiger partial charge in [0, 0.05) is 0 Å². The minimum absolute atomic E-state index is 0.949. The molecule has 0 bridgehead atoms. The minimum Gasteiger partial charge on any atom is -0.298 e. The Morgan fingerprint density at radius 3 is 2.20 bits per heavy atom. The molecule has 1 aliphatic carbocycles. The van der Waals surface area contributed by atoms with Crippen molar-refractivity contribution in [1.82, 2.24) is 0 Å². The molecule has 1 rings (SSSR count). The summed E-state index contributed by atoms with van der Waals surface area (Å²) in [5.41, 5.74) is 2.11. The zero-order valence-corrected chi connectivity index (χ0v) is 6.10. The van der Waals surface area contributed by atoms with E-state index < -0.39 is 0 Å². The van der Waals surface area contributed by atoms with Crippen LogP contribution < -0.4 is 0 Å². The predicted molar refractivity (Wildman–Crippen MR) is 41.8 cm³/mol. The van der Waals surface area contributed by atoms with E-state index in [2.05, 4.69) is 6.58 Å². The molecule has 0 radical (unpaired) electrons. The van der Waals surface area contributed by atoms with Gasteiger partial charge in [-0.25, -0.2) is 0 Å². The van der Waals surface area contributed by atoms with Crippen molar-refractivity contribution in [2.45, 2.75) is 25.7 Å². The molecule has 0 fully saturated rings. The minimum atomic E-state index is 0.949. The lowest BCUT2D eigenvalue weighted by molar-refractivity contribution is -0.105. The Bertz CT molecular complexity index is 157. The summed E-state index contributed by atoms with van der Waals surface area (Å²) in [4.78, 5) is 10.4. The third-order valence-corrected chi connectivity index (χ3v) is 1.94. The SMILES string of the molecule is C=CC1=C(C=O)CCCC1. The first-order valence-electron chi connectivity index (χ1n) is 3.68. The Labute approximate surface area is 61.4 Å². The van der Waals surface area contributed by atoms with Crippen molar-refractivity contribution in [2.24, 2.45) is 0 Å². The molecule has 0 spiro atoms. The number of carbonyl (C=O) groups excluding carboxylic acids is 1. The maximum atomic E-state index is 10.4. The van der Waals surface area contributed by atoms with Gasteiger partial charge in [-0.1, -0.05) is 12.7 Å². The van der Waals surface area contributed by atoms with Gasteiger partial charge < -0.3 is 0 Å². The first kappa shape index (κ1) is 7.26. The molecule has 0 aromatic rings. The fourth-order valence-corrected chi connectivity index (χ4v) is 1.32. The first-order chi connectivity index (χ1) is 4.88. The van der Waals surface area contributed by atoms with Crippen molar-refractivity contribution < 1.29 is 4.79 Å². The highest BCUT2D eigenvalue weighted by Gasteiger charge is 2.08. The predicted octanol–water partition coefficient (Wildman–Crippen LogP) is 2.24. The molecule has 0 saturated heterocycles. The quantitative estimate of drug-likeness (QED) is 0.532. The van der Waals surface area contributed by atoms with E-state index in [4.69, 9.17) is 0 Å². The highest BCUT2D eigenvalue weighted by molar-refractivity contribution is 5.75. The van der Waals surface area contributed by atoms with E-state index in [0.29, 0.717) is 0 Å². The number of carbonyl (C=O) groups is 1. The van der Waals surface area contributed by atoms with Gasteiger partial charge in [0.2, 0.25) is 0 Å². The Morgan fingerprint density at radius 2 is 1.80 bits per heavy atom. The molecule has 0 N–H and O–H groups in total. The fraction of sp³-hybridized carbons (Fsp3) is 0.444. The Morgan fingerprint density at radius 1 is 1.20 bits per heavy atom. The molecule has 1 nitrogen and oxygen atoms in total. The zero-order valence-electron chi connectivity index (χ0n) is 6.10. The van der Waals surface area contributed by atoms with Crippen molar-refractivity contribution in [3.05, 3.63) is 23.8 Å². The largest absolute Gasteiger partial charge is 0.298 e. The summed E-state index contributed by atoms with van der Waals surface area (Å²) in [6.07, 6.45) is 7.13. The molecular weight excluding hydrogens is 124 g/mol. The second-order valence-corrected chi connectivity index (χ2v) is 2.58. The number of hydrogen-bond acceptors (Lipinski definition) is 1. The highest BCUT2D eigenvalue weighted by atomic mass is 16.1. The lowest BCUT2D eigenvalue weighted by atomic mass is 9.93. The molecule has 10 heavy (non-hydrogen) atoms. The molecule has 0 aromatic carbocycles. The number of aldehydes is 1. The summed E-state index contributed by atoms with van der Waals surface area (Å²) in [6.45, 7) is 3.67. The summed E-state index contributed by atoms with van der Waals surface area (Å²) in [6, 6.07) is 0. The van der Waals surface area contributed by atoms with Gasteiger partial charge in [0.1, 0.15) is 6.29 Å². The van der Waals surface area contributed by atoms with Crippen LogP contribution in [0, 0.1) is 0 Å². The molecule has 54 valence electrons. The van der Waals surface area contributed by atoms with Gasteiger partial charge in [0.05, 0.1) is 0 Å². The maximum absolute atomic E-state index is 10.4.